The van der Waals surface area contributed by atoms with E-state index in [1.54, 1.807) is 43.5 Å². The largest absolute Gasteiger partial charge is 0.497 e. The number of nitrogens with one attached hydrogen (secondary N) is 1. The van der Waals surface area contributed by atoms with Crippen LogP contribution in [0.5, 0.6) is 11.5 Å². The molecule has 0 saturated heterocycles. The number of anilines is 1. The fourth-order valence-electron chi connectivity index (χ4n) is 5.42. The van der Waals surface area contributed by atoms with Gasteiger partial charge in [0, 0.05) is 23.5 Å². The fourth-order valence-corrected chi connectivity index (χ4v) is 7.37. The zero-order valence-corrected chi connectivity index (χ0v) is 24.2. The maximum atomic E-state index is 13.8. The Morgan fingerprint density at radius 3 is 2.56 bits per heavy atom. The van der Waals surface area contributed by atoms with Crippen LogP contribution in [0, 0.1) is 12.3 Å². The number of halogens is 1. The van der Waals surface area contributed by atoms with Crippen LogP contribution < -0.4 is 19.1 Å². The molecular weight excluding hydrogens is 584 g/mol. The van der Waals surface area contributed by atoms with E-state index in [0.717, 1.165) is 21.3 Å². The number of carboxylic acids is 1. The molecule has 0 amide bonds. The number of aryl methyl sites for hydroxylation is 1. The van der Waals surface area contributed by atoms with E-state index in [0.29, 0.717) is 30.8 Å². The first-order valence-corrected chi connectivity index (χ1v) is 15.0. The van der Waals surface area contributed by atoms with Crippen molar-refractivity contribution in [2.24, 2.45) is 5.41 Å². The molecule has 5 rings (SSSR count). The molecule has 3 aromatic rings. The number of methoxy groups -OCH3 is 1. The molecule has 0 bridgehead atoms. The fraction of sp³-hybridized carbons (Fsp3) is 0.345. The van der Waals surface area contributed by atoms with Gasteiger partial charge in [0.1, 0.15) is 17.6 Å². The van der Waals surface area contributed by atoms with Gasteiger partial charge in [0.05, 0.1) is 29.7 Å². The van der Waals surface area contributed by atoms with E-state index < -0.39 is 27.5 Å². The number of carbonyl (C=O) groups is 1. The third-order valence-corrected chi connectivity index (χ3v) is 9.80. The van der Waals surface area contributed by atoms with Gasteiger partial charge in [-0.2, -0.15) is 0 Å². The molecule has 1 saturated carbocycles. The molecule has 0 radical (unpaired) electrons. The highest BCUT2D eigenvalue weighted by atomic mass is 79.9. The topological polar surface area (TPSA) is 105 Å². The van der Waals surface area contributed by atoms with Crippen LogP contribution in [0.3, 0.4) is 0 Å². The number of fused-ring (bicyclic) bond motifs is 1. The van der Waals surface area contributed by atoms with Gasteiger partial charge in [-0.1, -0.05) is 40.2 Å². The second-order valence-electron chi connectivity index (χ2n) is 10.3. The van der Waals surface area contributed by atoms with Crippen LogP contribution in [-0.4, -0.2) is 45.3 Å². The standard InChI is InChI=1S/C29H31BrN2O6S/c1-19-4-3-5-25(12-19)39(35,36)32-18-24(38-27-11-8-21(30)13-26(27)32)16-29(28(33)34)14-22(15-29)31-17-20-6-9-23(37-2)10-7-20/h3-13,22,24,31H,14-18H2,1-2H3,(H,33,34)/t22?,24-,29?/m0/s1. The molecule has 1 fully saturated rings. The molecule has 10 heteroatoms. The van der Waals surface area contributed by atoms with E-state index in [4.69, 9.17) is 9.47 Å². The van der Waals surface area contributed by atoms with Gasteiger partial charge in [0.2, 0.25) is 0 Å². The summed E-state index contributed by atoms with van der Waals surface area (Å²) in [6, 6.07) is 19.8. The van der Waals surface area contributed by atoms with Crippen LogP contribution in [0.1, 0.15) is 30.4 Å². The lowest BCUT2D eigenvalue weighted by Gasteiger charge is -2.47. The molecule has 1 aliphatic carbocycles. The van der Waals surface area contributed by atoms with E-state index in [9.17, 15) is 18.3 Å². The molecule has 0 unspecified atom stereocenters. The molecule has 3 aromatic carbocycles. The second kappa shape index (κ2) is 10.8. The van der Waals surface area contributed by atoms with Crippen LogP contribution in [0.2, 0.25) is 0 Å². The number of carboxylic acid groups (broad SMARTS) is 1. The van der Waals surface area contributed by atoms with Gasteiger partial charge in [-0.3, -0.25) is 9.10 Å². The summed E-state index contributed by atoms with van der Waals surface area (Å²) in [6.45, 7) is 2.49. The molecule has 206 valence electrons. The number of hydrogen-bond acceptors (Lipinski definition) is 6. The van der Waals surface area contributed by atoms with Crippen LogP contribution in [0.25, 0.3) is 0 Å². The summed E-state index contributed by atoms with van der Waals surface area (Å²) < 4.78 is 41.0. The quantitative estimate of drug-likeness (QED) is 0.344. The van der Waals surface area contributed by atoms with Crippen molar-refractivity contribution in [3.63, 3.8) is 0 Å². The van der Waals surface area contributed by atoms with Gasteiger partial charge < -0.3 is 19.9 Å². The number of hydrogen-bond donors (Lipinski definition) is 2. The Labute approximate surface area is 237 Å². The predicted molar refractivity (Wildman–Crippen MR) is 152 cm³/mol. The first kappa shape index (κ1) is 27.5. The normalized spacial score (nSPS) is 22.4. The van der Waals surface area contributed by atoms with Gasteiger partial charge in [0.15, 0.2) is 0 Å². The van der Waals surface area contributed by atoms with E-state index in [2.05, 4.69) is 21.2 Å². The Hall–Kier alpha value is -3.08. The third kappa shape index (κ3) is 5.64. The van der Waals surface area contributed by atoms with Gasteiger partial charge in [0.25, 0.3) is 10.0 Å². The van der Waals surface area contributed by atoms with Crippen LogP contribution in [0.4, 0.5) is 5.69 Å². The molecule has 0 spiro atoms. The maximum Gasteiger partial charge on any atom is 0.309 e. The molecule has 2 aliphatic rings. The van der Waals surface area contributed by atoms with Crippen molar-refractivity contribution in [1.29, 1.82) is 0 Å². The highest BCUT2D eigenvalue weighted by Gasteiger charge is 2.52. The summed E-state index contributed by atoms with van der Waals surface area (Å²) in [6.07, 6.45) is 0.474. The summed E-state index contributed by atoms with van der Waals surface area (Å²) in [5, 5.41) is 13.7. The Kier molecular flexibility index (Phi) is 7.63. The summed E-state index contributed by atoms with van der Waals surface area (Å²) in [4.78, 5) is 12.6. The van der Waals surface area contributed by atoms with Gasteiger partial charge >= 0.3 is 5.97 Å². The Balaban J connectivity index is 1.33. The second-order valence-corrected chi connectivity index (χ2v) is 13.1. The number of ether oxygens (including phenoxy) is 2. The Morgan fingerprint density at radius 2 is 1.90 bits per heavy atom. The van der Waals surface area contributed by atoms with Gasteiger partial charge in [-0.05, 0) is 73.4 Å². The average molecular weight is 616 g/mol. The third-order valence-electron chi connectivity index (χ3n) is 7.53. The molecule has 1 heterocycles. The molecule has 2 N–H and O–H groups in total. The van der Waals surface area contributed by atoms with Crippen molar-refractivity contribution in [3.05, 3.63) is 82.3 Å². The zero-order chi connectivity index (χ0) is 27.8. The summed E-state index contributed by atoms with van der Waals surface area (Å²) in [7, 11) is -2.28. The van der Waals surface area contributed by atoms with E-state index in [1.807, 2.05) is 37.3 Å². The molecular formula is C29H31BrN2O6S. The number of nitrogens with zero attached hydrogens (tertiary/aromatic N) is 1. The zero-order valence-electron chi connectivity index (χ0n) is 21.8. The highest BCUT2D eigenvalue weighted by molar-refractivity contribution is 9.10. The number of rotatable bonds is 9. The first-order valence-electron chi connectivity index (χ1n) is 12.7. The van der Waals surface area contributed by atoms with Gasteiger partial charge in [-0.25, -0.2) is 8.42 Å². The van der Waals surface area contributed by atoms with Crippen molar-refractivity contribution in [1.82, 2.24) is 5.32 Å². The van der Waals surface area contributed by atoms with E-state index >= 15 is 0 Å². The van der Waals surface area contributed by atoms with Crippen molar-refractivity contribution in [3.8, 4) is 11.5 Å². The smallest absolute Gasteiger partial charge is 0.309 e. The summed E-state index contributed by atoms with van der Waals surface area (Å²) >= 11 is 3.43. The highest BCUT2D eigenvalue weighted by Crippen LogP contribution is 2.48. The first-order chi connectivity index (χ1) is 18.6. The predicted octanol–water partition coefficient (Wildman–Crippen LogP) is 5.14. The van der Waals surface area contributed by atoms with Crippen molar-refractivity contribution < 1.29 is 27.8 Å². The molecule has 1 aliphatic heterocycles. The Bertz CT molecular complexity index is 1470. The van der Waals surface area contributed by atoms with Crippen molar-refractivity contribution in [2.75, 3.05) is 18.0 Å². The average Bonchev–Trinajstić information content (AvgIpc) is 2.89. The number of sulfonamides is 1. The monoisotopic (exact) mass is 614 g/mol. The van der Waals surface area contributed by atoms with Crippen molar-refractivity contribution in [2.45, 2.75) is 49.8 Å². The SMILES string of the molecule is COc1ccc(CNC2CC(C[C@H]3CN(S(=O)(=O)c4cccc(C)c4)c4cc(Br)ccc4O3)(C(=O)O)C2)cc1. The van der Waals surface area contributed by atoms with Crippen LogP contribution in [0.15, 0.2) is 76.1 Å². The minimum atomic E-state index is -3.90. The van der Waals surface area contributed by atoms with Gasteiger partial charge in [-0.15, -0.1) is 0 Å². The number of benzene rings is 3. The van der Waals surface area contributed by atoms with Crippen LogP contribution in [-0.2, 0) is 21.4 Å². The molecule has 0 aromatic heterocycles. The molecule has 39 heavy (non-hydrogen) atoms. The lowest BCUT2D eigenvalue weighted by molar-refractivity contribution is -0.159. The Morgan fingerprint density at radius 1 is 1.15 bits per heavy atom. The van der Waals surface area contributed by atoms with Crippen LogP contribution >= 0.6 is 15.9 Å². The molecule has 1 atom stereocenters. The van der Waals surface area contributed by atoms with Crippen molar-refractivity contribution >= 4 is 37.6 Å². The minimum Gasteiger partial charge on any atom is -0.497 e. The lowest BCUT2D eigenvalue weighted by atomic mass is 9.62. The molecule has 8 nitrogen and oxygen atoms in total. The number of aliphatic carboxylic acids is 1. The van der Waals surface area contributed by atoms with E-state index in [1.165, 1.54) is 4.31 Å². The lowest BCUT2D eigenvalue weighted by Crippen LogP contribution is -2.56. The van der Waals surface area contributed by atoms with E-state index in [-0.39, 0.29) is 23.9 Å². The minimum absolute atomic E-state index is 0.0265. The summed E-state index contributed by atoms with van der Waals surface area (Å²) in [5.74, 6) is 0.315. The summed E-state index contributed by atoms with van der Waals surface area (Å²) in [5.41, 5.74) is 1.36. The maximum absolute atomic E-state index is 13.8.